The van der Waals surface area contributed by atoms with Crippen LogP contribution in [0.25, 0.3) is 6.08 Å². The van der Waals surface area contributed by atoms with E-state index in [9.17, 15) is 13.5 Å². The Balaban J connectivity index is 1.67. The fourth-order valence-electron chi connectivity index (χ4n) is 2.23. The third-order valence-corrected chi connectivity index (χ3v) is 4.84. The van der Waals surface area contributed by atoms with E-state index in [1.165, 1.54) is 0 Å². The number of aliphatic hydroxyl groups is 1. The zero-order chi connectivity index (χ0) is 20.6. The monoisotopic (exact) mass is 444 g/mol. The first-order chi connectivity index (χ1) is 13.2. The predicted molar refractivity (Wildman–Crippen MR) is 115 cm³/mol. The van der Waals surface area contributed by atoms with Crippen LogP contribution in [0.5, 0.6) is 5.75 Å². The number of ether oxygens (including phenoxy) is 1. The van der Waals surface area contributed by atoms with Gasteiger partial charge in [-0.3, -0.25) is 4.72 Å². The number of hydrogen-bond acceptors (Lipinski definition) is 5. The van der Waals surface area contributed by atoms with Gasteiger partial charge in [-0.05, 0) is 42.0 Å². The van der Waals surface area contributed by atoms with E-state index in [0.29, 0.717) is 34.6 Å². The minimum absolute atomic E-state index is 0.113. The molecule has 0 amide bonds. The molecule has 2 aromatic rings. The summed E-state index contributed by atoms with van der Waals surface area (Å²) in [4.78, 5) is 0. The maximum Gasteiger partial charge on any atom is 0.229 e. The Morgan fingerprint density at radius 1 is 1.14 bits per heavy atom. The zero-order valence-corrected chi connectivity index (χ0v) is 17.6. The van der Waals surface area contributed by atoms with E-state index < -0.39 is 16.1 Å². The molecule has 0 fully saturated rings. The van der Waals surface area contributed by atoms with Crippen LogP contribution >= 0.6 is 23.2 Å². The van der Waals surface area contributed by atoms with Crippen LogP contribution < -0.4 is 14.8 Å². The van der Waals surface area contributed by atoms with Crippen molar-refractivity contribution in [2.45, 2.75) is 6.10 Å². The Morgan fingerprint density at radius 3 is 2.50 bits per heavy atom. The number of nitrogens with one attached hydrogen (secondary N) is 2. The van der Waals surface area contributed by atoms with Crippen LogP contribution in [0.15, 0.2) is 48.5 Å². The second kappa shape index (κ2) is 10.7. The van der Waals surface area contributed by atoms with Crippen molar-refractivity contribution in [2.75, 3.05) is 30.7 Å². The predicted octanol–water partition coefficient (Wildman–Crippen LogP) is 3.41. The zero-order valence-electron chi connectivity index (χ0n) is 15.2. The molecule has 1 atom stereocenters. The van der Waals surface area contributed by atoms with E-state index in [1.807, 2.05) is 18.2 Å². The lowest BCUT2D eigenvalue weighted by atomic mass is 10.2. The highest BCUT2D eigenvalue weighted by Gasteiger charge is 2.06. The van der Waals surface area contributed by atoms with E-state index in [0.717, 1.165) is 11.8 Å². The third-order valence-electron chi connectivity index (χ3n) is 3.50. The number of anilines is 1. The van der Waals surface area contributed by atoms with E-state index in [1.54, 1.807) is 36.4 Å². The maximum absolute atomic E-state index is 11.2. The van der Waals surface area contributed by atoms with E-state index >= 15 is 0 Å². The van der Waals surface area contributed by atoms with Crippen LogP contribution in [0, 0.1) is 0 Å². The van der Waals surface area contributed by atoms with E-state index in [4.69, 9.17) is 27.9 Å². The minimum Gasteiger partial charge on any atom is -0.491 e. The average molecular weight is 445 g/mol. The number of rotatable bonds is 10. The molecule has 0 aliphatic carbocycles. The lowest BCUT2D eigenvalue weighted by molar-refractivity contribution is 0.107. The highest BCUT2D eigenvalue weighted by Crippen LogP contribution is 2.23. The summed E-state index contributed by atoms with van der Waals surface area (Å²) in [5.74, 6) is 0.539. The summed E-state index contributed by atoms with van der Waals surface area (Å²) in [5.41, 5.74) is 1.39. The Kier molecular flexibility index (Phi) is 8.59. The topological polar surface area (TPSA) is 87.7 Å². The van der Waals surface area contributed by atoms with Gasteiger partial charge in [0.25, 0.3) is 0 Å². The van der Waals surface area contributed by atoms with Gasteiger partial charge in [-0.25, -0.2) is 8.42 Å². The van der Waals surface area contributed by atoms with Gasteiger partial charge in [-0.1, -0.05) is 41.4 Å². The van der Waals surface area contributed by atoms with Crippen LogP contribution in [0.1, 0.15) is 5.56 Å². The summed E-state index contributed by atoms with van der Waals surface area (Å²) in [6.45, 7) is 1.05. The van der Waals surface area contributed by atoms with Crippen molar-refractivity contribution in [1.29, 1.82) is 0 Å². The second-order valence-electron chi connectivity index (χ2n) is 6.10. The fourth-order valence-corrected chi connectivity index (χ4v) is 3.10. The van der Waals surface area contributed by atoms with E-state index in [-0.39, 0.29) is 6.61 Å². The minimum atomic E-state index is -3.31. The Hall–Kier alpha value is -1.77. The molecule has 0 unspecified atom stereocenters. The Bertz CT molecular complexity index is 903. The molecular formula is C19H22Cl2N2O4S. The normalized spacial score (nSPS) is 12.9. The van der Waals surface area contributed by atoms with Crippen molar-refractivity contribution in [1.82, 2.24) is 5.32 Å². The van der Waals surface area contributed by atoms with Crippen molar-refractivity contribution in [3.63, 3.8) is 0 Å². The van der Waals surface area contributed by atoms with Crippen LogP contribution in [0.2, 0.25) is 10.0 Å². The number of halogens is 2. The number of hydrogen-bond donors (Lipinski definition) is 3. The van der Waals surface area contributed by atoms with Gasteiger partial charge in [-0.2, -0.15) is 0 Å². The molecule has 28 heavy (non-hydrogen) atoms. The number of sulfonamides is 1. The molecule has 0 aromatic heterocycles. The number of benzene rings is 2. The molecule has 2 rings (SSSR count). The first-order valence-corrected chi connectivity index (χ1v) is 11.1. The molecule has 0 saturated carbocycles. The molecule has 0 aliphatic heterocycles. The molecule has 0 radical (unpaired) electrons. The molecule has 6 nitrogen and oxygen atoms in total. The number of aliphatic hydroxyl groups excluding tert-OH is 1. The van der Waals surface area contributed by atoms with Gasteiger partial charge in [-0.15, -0.1) is 0 Å². The standard InChI is InChI=1S/C19H22Cl2N2O4S/c1-28(25,26)23-15-5-7-17(8-6-15)27-13-16(24)12-22-10-2-3-14-4-9-18(20)19(21)11-14/h2-9,11,16,22-24H,10,12-13H2,1H3/b3-2+/t16-/m0/s1. The van der Waals surface area contributed by atoms with Crippen molar-refractivity contribution >= 4 is 45.0 Å². The summed E-state index contributed by atoms with van der Waals surface area (Å²) in [6, 6.07) is 11.8. The lowest BCUT2D eigenvalue weighted by Crippen LogP contribution is -2.31. The smallest absolute Gasteiger partial charge is 0.229 e. The molecule has 152 valence electrons. The van der Waals surface area contributed by atoms with E-state index in [2.05, 4.69) is 10.0 Å². The average Bonchev–Trinajstić information content (AvgIpc) is 2.62. The maximum atomic E-state index is 11.2. The van der Waals surface area contributed by atoms with Crippen molar-refractivity contribution < 1.29 is 18.3 Å². The van der Waals surface area contributed by atoms with Gasteiger partial charge in [0.15, 0.2) is 0 Å². The van der Waals surface area contributed by atoms with Gasteiger partial charge in [0.05, 0.1) is 16.3 Å². The Morgan fingerprint density at radius 2 is 1.86 bits per heavy atom. The molecule has 2 aromatic carbocycles. The van der Waals surface area contributed by atoms with Crippen molar-refractivity contribution in [2.24, 2.45) is 0 Å². The SMILES string of the molecule is CS(=O)(=O)Nc1ccc(OC[C@@H](O)CNC/C=C/c2ccc(Cl)c(Cl)c2)cc1. The molecular weight excluding hydrogens is 423 g/mol. The summed E-state index contributed by atoms with van der Waals surface area (Å²) < 4.78 is 30.2. The lowest BCUT2D eigenvalue weighted by Gasteiger charge is -2.13. The van der Waals surface area contributed by atoms with Gasteiger partial charge in [0, 0.05) is 18.8 Å². The highest BCUT2D eigenvalue weighted by molar-refractivity contribution is 7.92. The summed E-state index contributed by atoms with van der Waals surface area (Å²) in [7, 11) is -3.31. The molecule has 0 aliphatic rings. The largest absolute Gasteiger partial charge is 0.491 e. The Labute approximate surface area is 175 Å². The first-order valence-electron chi connectivity index (χ1n) is 8.44. The van der Waals surface area contributed by atoms with Crippen LogP contribution in [0.4, 0.5) is 5.69 Å². The second-order valence-corrected chi connectivity index (χ2v) is 8.66. The van der Waals surface area contributed by atoms with Crippen molar-refractivity contribution in [3.05, 3.63) is 64.1 Å². The van der Waals surface area contributed by atoms with Crippen LogP contribution in [0.3, 0.4) is 0 Å². The van der Waals surface area contributed by atoms with Gasteiger partial charge in [0.1, 0.15) is 18.5 Å². The van der Waals surface area contributed by atoms with Crippen LogP contribution in [-0.4, -0.2) is 45.6 Å². The molecule has 0 heterocycles. The van der Waals surface area contributed by atoms with Gasteiger partial charge >= 0.3 is 0 Å². The fraction of sp³-hybridized carbons (Fsp3) is 0.263. The first kappa shape index (κ1) is 22.5. The summed E-state index contributed by atoms with van der Waals surface area (Å²) >= 11 is 11.8. The quantitative estimate of drug-likeness (QED) is 0.488. The summed E-state index contributed by atoms with van der Waals surface area (Å²) in [5, 5.41) is 14.1. The molecule has 0 bridgehead atoms. The van der Waals surface area contributed by atoms with Crippen LogP contribution in [-0.2, 0) is 10.0 Å². The summed E-state index contributed by atoms with van der Waals surface area (Å²) in [6.07, 6.45) is 4.22. The highest BCUT2D eigenvalue weighted by atomic mass is 35.5. The molecule has 0 saturated heterocycles. The molecule has 3 N–H and O–H groups in total. The van der Waals surface area contributed by atoms with Gasteiger partial charge in [0.2, 0.25) is 10.0 Å². The molecule has 9 heteroatoms. The third kappa shape index (κ3) is 8.50. The van der Waals surface area contributed by atoms with Crippen molar-refractivity contribution in [3.8, 4) is 5.75 Å². The van der Waals surface area contributed by atoms with Gasteiger partial charge < -0.3 is 15.2 Å². The molecule has 0 spiro atoms.